The Morgan fingerprint density at radius 1 is 1.35 bits per heavy atom. The van der Waals surface area contributed by atoms with Crippen molar-refractivity contribution in [1.82, 2.24) is 19.9 Å². The Morgan fingerprint density at radius 3 is 3.00 bits per heavy atom. The van der Waals surface area contributed by atoms with Crippen molar-refractivity contribution in [3.63, 3.8) is 0 Å². The van der Waals surface area contributed by atoms with Crippen LogP contribution in [0.15, 0.2) is 11.4 Å². The summed E-state index contributed by atoms with van der Waals surface area (Å²) in [6.45, 7) is 2.71. The van der Waals surface area contributed by atoms with E-state index in [4.69, 9.17) is 5.73 Å². The monoisotopic (exact) mass is 290 g/mol. The lowest BCUT2D eigenvalue weighted by Gasteiger charge is -2.26. The molecule has 0 amide bonds. The second-order valence-electron chi connectivity index (χ2n) is 5.13. The van der Waals surface area contributed by atoms with Crippen molar-refractivity contribution in [2.24, 2.45) is 0 Å². The van der Waals surface area contributed by atoms with Crippen molar-refractivity contribution in [3.8, 4) is 0 Å². The van der Waals surface area contributed by atoms with Gasteiger partial charge in [-0.15, -0.1) is 11.3 Å². The standard InChI is InChI=1S/C13H18N6S/c1-18(2)13-16-11(15-12(14)17-13)8-19-5-3-10-9(7-19)4-6-20-10/h4,6H,3,5,7-8H2,1-2H3,(H2,14,15,16,17). The van der Waals surface area contributed by atoms with Crippen LogP contribution in [-0.2, 0) is 19.5 Å². The second-order valence-corrected chi connectivity index (χ2v) is 6.13. The van der Waals surface area contributed by atoms with Crippen molar-refractivity contribution in [3.05, 3.63) is 27.7 Å². The van der Waals surface area contributed by atoms with Gasteiger partial charge in [0.05, 0.1) is 6.54 Å². The number of aromatic nitrogens is 3. The minimum Gasteiger partial charge on any atom is -0.368 e. The number of nitrogens with zero attached hydrogens (tertiary/aromatic N) is 5. The highest BCUT2D eigenvalue weighted by molar-refractivity contribution is 7.10. The molecule has 0 bridgehead atoms. The topological polar surface area (TPSA) is 71.2 Å². The molecule has 3 rings (SSSR count). The summed E-state index contributed by atoms with van der Waals surface area (Å²) < 4.78 is 0. The maximum absolute atomic E-state index is 5.76. The number of hydrogen-bond acceptors (Lipinski definition) is 7. The van der Waals surface area contributed by atoms with E-state index in [1.165, 1.54) is 10.4 Å². The van der Waals surface area contributed by atoms with Gasteiger partial charge in [0.15, 0.2) is 0 Å². The molecule has 0 aromatic carbocycles. The van der Waals surface area contributed by atoms with Gasteiger partial charge >= 0.3 is 0 Å². The first-order valence-electron chi connectivity index (χ1n) is 6.57. The molecule has 7 heteroatoms. The fourth-order valence-corrected chi connectivity index (χ4v) is 3.23. The third-order valence-corrected chi connectivity index (χ3v) is 4.36. The van der Waals surface area contributed by atoms with Crippen LogP contribution in [0.5, 0.6) is 0 Å². The molecule has 0 spiro atoms. The molecule has 1 aliphatic rings. The van der Waals surface area contributed by atoms with Crippen molar-refractivity contribution >= 4 is 23.2 Å². The average Bonchev–Trinajstić information content (AvgIpc) is 2.85. The number of fused-ring (bicyclic) bond motifs is 1. The molecule has 2 aromatic heterocycles. The normalized spacial score (nSPS) is 15.1. The van der Waals surface area contributed by atoms with Crippen LogP contribution >= 0.6 is 11.3 Å². The maximum Gasteiger partial charge on any atom is 0.229 e. The number of nitrogens with two attached hydrogens (primary N) is 1. The predicted octanol–water partition coefficient (Wildman–Crippen LogP) is 1.14. The SMILES string of the molecule is CN(C)c1nc(N)nc(CN2CCc3sccc3C2)n1. The van der Waals surface area contributed by atoms with Crippen LogP contribution < -0.4 is 10.6 Å². The highest BCUT2D eigenvalue weighted by atomic mass is 32.1. The molecule has 0 atom stereocenters. The van der Waals surface area contributed by atoms with Gasteiger partial charge in [-0.1, -0.05) is 0 Å². The minimum absolute atomic E-state index is 0.284. The summed E-state index contributed by atoms with van der Waals surface area (Å²) in [5.74, 6) is 1.63. The zero-order chi connectivity index (χ0) is 14.1. The van der Waals surface area contributed by atoms with Crippen molar-refractivity contribution < 1.29 is 0 Å². The molecule has 106 valence electrons. The van der Waals surface area contributed by atoms with Gasteiger partial charge in [-0.2, -0.15) is 15.0 Å². The Bertz CT molecular complexity index is 609. The Hall–Kier alpha value is -1.73. The molecule has 0 unspecified atom stereocenters. The lowest BCUT2D eigenvalue weighted by Crippen LogP contribution is -2.30. The van der Waals surface area contributed by atoms with E-state index in [1.54, 1.807) is 0 Å². The molecular formula is C13H18N6S. The smallest absolute Gasteiger partial charge is 0.229 e. The Balaban J connectivity index is 1.75. The molecule has 0 fully saturated rings. The van der Waals surface area contributed by atoms with Gasteiger partial charge in [0.1, 0.15) is 5.82 Å². The molecule has 3 heterocycles. The highest BCUT2D eigenvalue weighted by Crippen LogP contribution is 2.24. The molecule has 2 N–H and O–H groups in total. The summed E-state index contributed by atoms with van der Waals surface area (Å²) in [6, 6.07) is 2.21. The van der Waals surface area contributed by atoms with Crippen LogP contribution in [0.1, 0.15) is 16.3 Å². The van der Waals surface area contributed by atoms with Gasteiger partial charge in [0.25, 0.3) is 0 Å². The van der Waals surface area contributed by atoms with Gasteiger partial charge in [-0.05, 0) is 23.4 Å². The van der Waals surface area contributed by atoms with Crippen LogP contribution in [0, 0.1) is 0 Å². The van der Waals surface area contributed by atoms with E-state index in [2.05, 4.69) is 31.3 Å². The van der Waals surface area contributed by atoms with Crippen LogP contribution in [0.3, 0.4) is 0 Å². The van der Waals surface area contributed by atoms with Crippen LogP contribution in [0.2, 0.25) is 0 Å². The number of nitrogen functional groups attached to an aromatic ring is 1. The number of hydrogen-bond donors (Lipinski definition) is 1. The summed E-state index contributed by atoms with van der Waals surface area (Å²) in [5, 5.41) is 2.17. The third kappa shape index (κ3) is 2.73. The van der Waals surface area contributed by atoms with Gasteiger partial charge in [0, 0.05) is 32.1 Å². The third-order valence-electron chi connectivity index (χ3n) is 3.34. The van der Waals surface area contributed by atoms with Crippen LogP contribution in [0.4, 0.5) is 11.9 Å². The lowest BCUT2D eigenvalue weighted by atomic mass is 10.1. The molecule has 2 aromatic rings. The molecule has 0 saturated carbocycles. The predicted molar refractivity (Wildman–Crippen MR) is 80.7 cm³/mol. The van der Waals surface area contributed by atoms with E-state index < -0.39 is 0 Å². The molecule has 0 radical (unpaired) electrons. The van der Waals surface area contributed by atoms with Crippen LogP contribution in [0.25, 0.3) is 0 Å². The van der Waals surface area contributed by atoms with Crippen molar-refractivity contribution in [2.75, 3.05) is 31.3 Å². The first-order valence-corrected chi connectivity index (χ1v) is 7.45. The van der Waals surface area contributed by atoms with Gasteiger partial charge in [-0.25, -0.2) is 0 Å². The quantitative estimate of drug-likeness (QED) is 0.914. The fourth-order valence-electron chi connectivity index (χ4n) is 2.34. The van der Waals surface area contributed by atoms with Gasteiger partial charge in [-0.3, -0.25) is 4.90 Å². The van der Waals surface area contributed by atoms with Crippen LogP contribution in [-0.4, -0.2) is 40.5 Å². The zero-order valence-electron chi connectivity index (χ0n) is 11.7. The molecular weight excluding hydrogens is 272 g/mol. The fraction of sp³-hybridized carbons (Fsp3) is 0.462. The van der Waals surface area contributed by atoms with Gasteiger partial charge < -0.3 is 10.6 Å². The Kier molecular flexibility index (Phi) is 3.54. The molecule has 1 aliphatic heterocycles. The summed E-state index contributed by atoms with van der Waals surface area (Å²) in [7, 11) is 3.80. The minimum atomic E-state index is 0.284. The summed E-state index contributed by atoms with van der Waals surface area (Å²) in [6.07, 6.45) is 1.11. The van der Waals surface area contributed by atoms with Crippen molar-refractivity contribution in [2.45, 2.75) is 19.5 Å². The Labute approximate surface area is 122 Å². The van der Waals surface area contributed by atoms with Crippen molar-refractivity contribution in [1.29, 1.82) is 0 Å². The summed E-state index contributed by atoms with van der Waals surface area (Å²) >= 11 is 1.85. The molecule has 6 nitrogen and oxygen atoms in total. The van der Waals surface area contributed by atoms with E-state index in [-0.39, 0.29) is 5.95 Å². The molecule has 0 aliphatic carbocycles. The average molecular weight is 290 g/mol. The summed E-state index contributed by atoms with van der Waals surface area (Å²) in [5.41, 5.74) is 7.18. The first-order chi connectivity index (χ1) is 9.61. The van der Waals surface area contributed by atoms with E-state index in [9.17, 15) is 0 Å². The number of thiophene rings is 1. The largest absolute Gasteiger partial charge is 0.368 e. The van der Waals surface area contributed by atoms with E-state index >= 15 is 0 Å². The maximum atomic E-state index is 5.76. The zero-order valence-corrected chi connectivity index (χ0v) is 12.5. The summed E-state index contributed by atoms with van der Waals surface area (Å²) in [4.78, 5) is 18.5. The van der Waals surface area contributed by atoms with E-state index in [1.807, 2.05) is 30.3 Å². The number of rotatable bonds is 3. The molecule has 0 saturated heterocycles. The highest BCUT2D eigenvalue weighted by Gasteiger charge is 2.18. The van der Waals surface area contributed by atoms with E-state index in [0.29, 0.717) is 12.5 Å². The number of anilines is 2. The molecule has 20 heavy (non-hydrogen) atoms. The van der Waals surface area contributed by atoms with Gasteiger partial charge in [0.2, 0.25) is 11.9 Å². The second kappa shape index (κ2) is 5.34. The van der Waals surface area contributed by atoms with E-state index in [0.717, 1.165) is 25.3 Å². The Morgan fingerprint density at radius 2 is 2.20 bits per heavy atom. The lowest BCUT2D eigenvalue weighted by molar-refractivity contribution is 0.241. The first kappa shape index (κ1) is 13.3.